The minimum Gasteiger partial charge on any atom is -0.374 e. The molecule has 0 radical (unpaired) electrons. The normalized spacial score (nSPS) is 12.6. The van der Waals surface area contributed by atoms with Crippen molar-refractivity contribution in [3.63, 3.8) is 0 Å². The van der Waals surface area contributed by atoms with Gasteiger partial charge < -0.3 is 10.0 Å². The van der Waals surface area contributed by atoms with Gasteiger partial charge in [0.25, 0.3) is 0 Å². The maximum Gasteiger partial charge on any atom is 0.124 e. The van der Waals surface area contributed by atoms with Crippen LogP contribution in [0.1, 0.15) is 13.8 Å². The molecule has 0 saturated heterocycles. The fraction of sp³-hybridized carbons (Fsp3) is 0.250. The summed E-state index contributed by atoms with van der Waals surface area (Å²) in [5.74, 6) is 0. The molecule has 0 bridgehead atoms. The number of rotatable bonds is 5. The molecular formula is C16H19N3O. The Balaban J connectivity index is 2.10. The molecule has 1 N–H and O–H groups in total. The molecule has 0 aromatic heterocycles. The molecule has 1 unspecified atom stereocenters. The van der Waals surface area contributed by atoms with E-state index in [-0.39, 0.29) is 0 Å². The molecule has 4 heteroatoms. The Kier molecular flexibility index (Phi) is 4.85. The Bertz CT molecular complexity index is 550. The highest BCUT2D eigenvalue weighted by atomic mass is 16.3. The smallest absolute Gasteiger partial charge is 0.124 e. The number of azo groups is 1. The summed E-state index contributed by atoms with van der Waals surface area (Å²) in [5, 5.41) is 18.0. The Hall–Kier alpha value is -2.20. The highest BCUT2D eigenvalue weighted by molar-refractivity contribution is 5.53. The molecule has 0 aliphatic carbocycles. The van der Waals surface area contributed by atoms with E-state index >= 15 is 0 Å². The van der Waals surface area contributed by atoms with Crippen molar-refractivity contribution in [3.05, 3.63) is 54.6 Å². The highest BCUT2D eigenvalue weighted by Crippen LogP contribution is 2.22. The zero-order valence-electron chi connectivity index (χ0n) is 11.8. The zero-order valence-corrected chi connectivity index (χ0v) is 11.8. The van der Waals surface area contributed by atoms with E-state index in [1.54, 1.807) is 6.92 Å². The largest absolute Gasteiger partial charge is 0.374 e. The van der Waals surface area contributed by atoms with Crippen LogP contribution in [0.2, 0.25) is 0 Å². The van der Waals surface area contributed by atoms with Gasteiger partial charge in [0.2, 0.25) is 0 Å². The summed E-state index contributed by atoms with van der Waals surface area (Å²) >= 11 is 0. The molecule has 0 fully saturated rings. The number of hydrogen-bond donors (Lipinski definition) is 1. The van der Waals surface area contributed by atoms with Crippen molar-refractivity contribution in [1.29, 1.82) is 0 Å². The minimum absolute atomic E-state index is 0.503. The van der Waals surface area contributed by atoms with Gasteiger partial charge >= 0.3 is 0 Å². The second kappa shape index (κ2) is 6.82. The minimum atomic E-state index is -0.503. The number of aliphatic hydroxyl groups is 1. The lowest BCUT2D eigenvalue weighted by Crippen LogP contribution is -2.32. The molecule has 104 valence electrons. The average molecular weight is 269 g/mol. The average Bonchev–Trinajstić information content (AvgIpc) is 2.48. The third-order valence-corrected chi connectivity index (χ3v) is 3.01. The summed E-state index contributed by atoms with van der Waals surface area (Å²) in [6.07, 6.45) is -0.503. The predicted molar refractivity (Wildman–Crippen MR) is 81.8 cm³/mol. The van der Waals surface area contributed by atoms with Gasteiger partial charge in [0, 0.05) is 12.2 Å². The van der Waals surface area contributed by atoms with Crippen LogP contribution < -0.4 is 4.90 Å². The van der Waals surface area contributed by atoms with E-state index in [9.17, 15) is 5.11 Å². The van der Waals surface area contributed by atoms with Crippen molar-refractivity contribution in [2.24, 2.45) is 10.2 Å². The fourth-order valence-corrected chi connectivity index (χ4v) is 1.98. The highest BCUT2D eigenvalue weighted by Gasteiger charge is 2.08. The van der Waals surface area contributed by atoms with E-state index in [1.165, 1.54) is 0 Å². The first-order chi connectivity index (χ1) is 9.70. The van der Waals surface area contributed by atoms with E-state index in [1.807, 2.05) is 66.4 Å². The van der Waals surface area contributed by atoms with E-state index in [4.69, 9.17) is 0 Å². The van der Waals surface area contributed by atoms with E-state index in [0.717, 1.165) is 23.6 Å². The van der Waals surface area contributed by atoms with Crippen LogP contribution in [0.3, 0.4) is 0 Å². The van der Waals surface area contributed by atoms with Crippen LogP contribution >= 0.6 is 0 Å². The molecule has 0 aliphatic rings. The van der Waals surface area contributed by atoms with Crippen molar-refractivity contribution < 1.29 is 5.11 Å². The van der Waals surface area contributed by atoms with E-state index in [0.29, 0.717) is 0 Å². The van der Waals surface area contributed by atoms with Crippen LogP contribution in [-0.2, 0) is 0 Å². The van der Waals surface area contributed by atoms with Gasteiger partial charge in [-0.2, -0.15) is 10.2 Å². The van der Waals surface area contributed by atoms with Gasteiger partial charge in [0.15, 0.2) is 0 Å². The molecule has 0 amide bonds. The fourth-order valence-electron chi connectivity index (χ4n) is 1.98. The molecule has 20 heavy (non-hydrogen) atoms. The number of benzene rings is 2. The van der Waals surface area contributed by atoms with E-state index < -0.39 is 6.23 Å². The van der Waals surface area contributed by atoms with E-state index in [2.05, 4.69) is 10.2 Å². The van der Waals surface area contributed by atoms with Crippen molar-refractivity contribution in [3.8, 4) is 0 Å². The van der Waals surface area contributed by atoms with Crippen molar-refractivity contribution >= 4 is 17.1 Å². The molecular weight excluding hydrogens is 250 g/mol. The Morgan fingerprint density at radius 3 is 2.00 bits per heavy atom. The summed E-state index contributed by atoms with van der Waals surface area (Å²) in [7, 11) is 0. The van der Waals surface area contributed by atoms with Crippen molar-refractivity contribution in [1.82, 2.24) is 0 Å². The van der Waals surface area contributed by atoms with Crippen LogP contribution in [0, 0.1) is 0 Å². The molecule has 2 aromatic carbocycles. The monoisotopic (exact) mass is 269 g/mol. The first-order valence-corrected chi connectivity index (χ1v) is 6.72. The Morgan fingerprint density at radius 1 is 0.950 bits per heavy atom. The summed E-state index contributed by atoms with van der Waals surface area (Å²) in [5.41, 5.74) is 2.59. The van der Waals surface area contributed by atoms with Gasteiger partial charge in [-0.25, -0.2) is 0 Å². The molecule has 0 spiro atoms. The predicted octanol–water partition coefficient (Wildman–Crippen LogP) is 4.27. The standard InChI is InChI=1S/C16H19N3O/c1-3-19(13(2)20)16-11-9-15(10-12-16)18-17-14-7-5-4-6-8-14/h4-13,20H,3H2,1-2H3. The number of anilines is 1. The van der Waals surface area contributed by atoms with Crippen LogP contribution in [0.25, 0.3) is 0 Å². The first kappa shape index (κ1) is 14.2. The maximum absolute atomic E-state index is 9.67. The molecule has 0 aliphatic heterocycles. The number of nitrogens with zero attached hydrogens (tertiary/aromatic N) is 3. The summed E-state index contributed by atoms with van der Waals surface area (Å²) in [6, 6.07) is 17.3. The molecule has 0 heterocycles. The Morgan fingerprint density at radius 2 is 1.50 bits per heavy atom. The zero-order chi connectivity index (χ0) is 14.4. The van der Waals surface area contributed by atoms with Gasteiger partial charge in [-0.1, -0.05) is 18.2 Å². The second-order valence-electron chi connectivity index (χ2n) is 4.47. The van der Waals surface area contributed by atoms with Crippen LogP contribution in [0.4, 0.5) is 17.1 Å². The lowest BCUT2D eigenvalue weighted by molar-refractivity contribution is 0.190. The SMILES string of the molecule is CCN(c1ccc(N=Nc2ccccc2)cc1)C(C)O. The second-order valence-corrected chi connectivity index (χ2v) is 4.47. The lowest BCUT2D eigenvalue weighted by Gasteiger charge is -2.26. The summed E-state index contributed by atoms with van der Waals surface area (Å²) in [6.45, 7) is 4.52. The van der Waals surface area contributed by atoms with Gasteiger partial charge in [-0.05, 0) is 50.2 Å². The maximum atomic E-state index is 9.67. The van der Waals surface area contributed by atoms with Crippen molar-refractivity contribution in [2.45, 2.75) is 20.1 Å². The molecule has 4 nitrogen and oxygen atoms in total. The van der Waals surface area contributed by atoms with Gasteiger partial charge in [-0.15, -0.1) is 0 Å². The third kappa shape index (κ3) is 3.65. The number of aliphatic hydroxyl groups excluding tert-OH is 1. The summed E-state index contributed by atoms with van der Waals surface area (Å²) < 4.78 is 0. The molecule has 1 atom stereocenters. The Labute approximate surface area is 119 Å². The lowest BCUT2D eigenvalue weighted by atomic mass is 10.2. The first-order valence-electron chi connectivity index (χ1n) is 6.72. The van der Waals surface area contributed by atoms with Crippen LogP contribution in [0.5, 0.6) is 0 Å². The van der Waals surface area contributed by atoms with Crippen LogP contribution in [-0.4, -0.2) is 17.9 Å². The van der Waals surface area contributed by atoms with Crippen molar-refractivity contribution in [2.75, 3.05) is 11.4 Å². The van der Waals surface area contributed by atoms with Gasteiger partial charge in [-0.3, -0.25) is 0 Å². The molecule has 0 saturated carbocycles. The third-order valence-electron chi connectivity index (χ3n) is 3.01. The topological polar surface area (TPSA) is 48.2 Å². The molecule has 2 rings (SSSR count). The van der Waals surface area contributed by atoms with Gasteiger partial charge in [0.05, 0.1) is 11.4 Å². The van der Waals surface area contributed by atoms with Crippen LogP contribution in [0.15, 0.2) is 64.8 Å². The number of hydrogen-bond acceptors (Lipinski definition) is 4. The quantitative estimate of drug-likeness (QED) is 0.651. The summed E-state index contributed by atoms with van der Waals surface area (Å²) in [4.78, 5) is 1.90. The molecule has 2 aromatic rings. The van der Waals surface area contributed by atoms with Gasteiger partial charge in [0.1, 0.15) is 6.23 Å².